The molecule has 0 aromatic heterocycles. The first kappa shape index (κ1) is 15.7. The minimum absolute atomic E-state index is 0.0350. The Morgan fingerprint density at radius 3 is 2.19 bits per heavy atom. The average molecular weight is 285 g/mol. The van der Waals surface area contributed by atoms with E-state index in [0.717, 1.165) is 18.4 Å². The van der Waals surface area contributed by atoms with Crippen molar-refractivity contribution < 1.29 is 4.39 Å². The smallest absolute Gasteiger partial charge is 0.123 e. The fourth-order valence-corrected chi connectivity index (χ4v) is 2.95. The van der Waals surface area contributed by atoms with Crippen LogP contribution >= 0.6 is 0 Å². The topological polar surface area (TPSA) is 26.0 Å². The molecule has 1 nitrogen and oxygen atoms in total. The number of benzene rings is 2. The van der Waals surface area contributed by atoms with Gasteiger partial charge in [-0.2, -0.15) is 0 Å². The lowest BCUT2D eigenvalue weighted by atomic mass is 9.78. The normalized spacial score (nSPS) is 15.4. The lowest BCUT2D eigenvalue weighted by molar-refractivity contribution is 0.379. The maximum absolute atomic E-state index is 13.0. The number of hydrogen-bond donors (Lipinski definition) is 1. The molecule has 0 aliphatic carbocycles. The van der Waals surface area contributed by atoms with Crippen molar-refractivity contribution in [1.82, 2.24) is 0 Å². The van der Waals surface area contributed by atoms with Crippen molar-refractivity contribution in [2.45, 2.75) is 38.6 Å². The molecule has 0 spiro atoms. The molecule has 112 valence electrons. The van der Waals surface area contributed by atoms with Crippen molar-refractivity contribution in [3.05, 3.63) is 71.5 Å². The van der Waals surface area contributed by atoms with E-state index in [2.05, 4.69) is 38.1 Å². The van der Waals surface area contributed by atoms with Crippen molar-refractivity contribution in [3.8, 4) is 0 Å². The third-order valence-corrected chi connectivity index (χ3v) is 4.29. The number of hydrogen-bond acceptors (Lipinski definition) is 1. The second-order valence-corrected chi connectivity index (χ2v) is 5.82. The van der Waals surface area contributed by atoms with Gasteiger partial charge in [0.05, 0.1) is 0 Å². The molecule has 0 amide bonds. The largest absolute Gasteiger partial charge is 0.327 e. The van der Waals surface area contributed by atoms with Crippen LogP contribution in [0, 0.1) is 11.7 Å². The summed E-state index contributed by atoms with van der Waals surface area (Å²) in [5.41, 5.74) is 8.89. The zero-order chi connectivity index (χ0) is 15.2. The minimum Gasteiger partial charge on any atom is -0.327 e. The standard InChI is InChI=1S/C19H24FN/c1-3-14(2)19(16-7-5-4-6-8-16)18(21)13-15-9-11-17(20)12-10-15/h4-12,14,18-19H,3,13,21H2,1-2H3. The zero-order valence-electron chi connectivity index (χ0n) is 12.8. The molecule has 0 saturated carbocycles. The summed E-state index contributed by atoms with van der Waals surface area (Å²) in [4.78, 5) is 0. The Hall–Kier alpha value is -1.67. The first-order valence-electron chi connectivity index (χ1n) is 7.66. The molecule has 0 fully saturated rings. The quantitative estimate of drug-likeness (QED) is 0.829. The van der Waals surface area contributed by atoms with E-state index in [4.69, 9.17) is 5.73 Å². The first-order valence-corrected chi connectivity index (χ1v) is 7.66. The minimum atomic E-state index is -0.200. The van der Waals surface area contributed by atoms with Crippen LogP contribution in [0.1, 0.15) is 37.3 Å². The summed E-state index contributed by atoms with van der Waals surface area (Å²) < 4.78 is 13.0. The maximum Gasteiger partial charge on any atom is 0.123 e. The predicted molar refractivity (Wildman–Crippen MR) is 86.7 cm³/mol. The van der Waals surface area contributed by atoms with Crippen molar-refractivity contribution in [2.24, 2.45) is 11.7 Å². The van der Waals surface area contributed by atoms with Crippen LogP contribution in [0.3, 0.4) is 0 Å². The molecule has 3 unspecified atom stereocenters. The van der Waals surface area contributed by atoms with E-state index < -0.39 is 0 Å². The van der Waals surface area contributed by atoms with Gasteiger partial charge in [-0.15, -0.1) is 0 Å². The summed E-state index contributed by atoms with van der Waals surface area (Å²) in [6.07, 6.45) is 1.86. The van der Waals surface area contributed by atoms with E-state index >= 15 is 0 Å². The molecule has 2 rings (SSSR count). The molecule has 0 aliphatic rings. The van der Waals surface area contributed by atoms with Crippen LogP contribution in [0.5, 0.6) is 0 Å². The fraction of sp³-hybridized carbons (Fsp3) is 0.368. The van der Waals surface area contributed by atoms with E-state index in [1.807, 2.05) is 18.2 Å². The van der Waals surface area contributed by atoms with Gasteiger partial charge in [0.15, 0.2) is 0 Å². The van der Waals surface area contributed by atoms with Crippen molar-refractivity contribution >= 4 is 0 Å². The van der Waals surface area contributed by atoms with Gasteiger partial charge in [-0.3, -0.25) is 0 Å². The summed E-state index contributed by atoms with van der Waals surface area (Å²) in [7, 11) is 0. The molecule has 0 heterocycles. The third kappa shape index (κ3) is 4.15. The van der Waals surface area contributed by atoms with Crippen LogP contribution in [0.25, 0.3) is 0 Å². The van der Waals surface area contributed by atoms with Crippen LogP contribution in [0.4, 0.5) is 4.39 Å². The fourth-order valence-electron chi connectivity index (χ4n) is 2.95. The van der Waals surface area contributed by atoms with Gasteiger partial charge in [0.2, 0.25) is 0 Å². The van der Waals surface area contributed by atoms with Gasteiger partial charge in [0.25, 0.3) is 0 Å². The number of halogens is 1. The molecule has 3 atom stereocenters. The highest BCUT2D eigenvalue weighted by molar-refractivity contribution is 5.24. The monoisotopic (exact) mass is 285 g/mol. The third-order valence-electron chi connectivity index (χ3n) is 4.29. The SMILES string of the molecule is CCC(C)C(c1ccccc1)C(N)Cc1ccc(F)cc1. The molecule has 0 bridgehead atoms. The molecule has 0 radical (unpaired) electrons. The molecule has 2 aromatic carbocycles. The van der Waals surface area contributed by atoms with Crippen molar-refractivity contribution in [3.63, 3.8) is 0 Å². The lowest BCUT2D eigenvalue weighted by Gasteiger charge is -2.29. The molecule has 0 aliphatic heterocycles. The van der Waals surface area contributed by atoms with Crippen LogP contribution in [-0.2, 0) is 6.42 Å². The van der Waals surface area contributed by atoms with Crippen LogP contribution in [-0.4, -0.2) is 6.04 Å². The maximum atomic E-state index is 13.0. The Kier molecular flexibility index (Phi) is 5.51. The highest BCUT2D eigenvalue weighted by atomic mass is 19.1. The van der Waals surface area contributed by atoms with E-state index in [-0.39, 0.29) is 11.9 Å². The van der Waals surface area contributed by atoms with E-state index in [1.54, 1.807) is 0 Å². The second-order valence-electron chi connectivity index (χ2n) is 5.82. The summed E-state index contributed by atoms with van der Waals surface area (Å²) in [6, 6.07) is 17.2. The van der Waals surface area contributed by atoms with Gasteiger partial charge in [-0.05, 0) is 35.6 Å². The van der Waals surface area contributed by atoms with Gasteiger partial charge in [0, 0.05) is 12.0 Å². The van der Waals surface area contributed by atoms with Gasteiger partial charge >= 0.3 is 0 Å². The molecule has 0 saturated heterocycles. The second kappa shape index (κ2) is 7.37. The van der Waals surface area contributed by atoms with E-state index in [1.165, 1.54) is 17.7 Å². The first-order chi connectivity index (χ1) is 10.1. The van der Waals surface area contributed by atoms with Crippen molar-refractivity contribution in [1.29, 1.82) is 0 Å². The number of nitrogens with two attached hydrogens (primary N) is 1. The highest BCUT2D eigenvalue weighted by Gasteiger charge is 2.24. The van der Waals surface area contributed by atoms with Gasteiger partial charge in [0.1, 0.15) is 5.82 Å². The summed E-state index contributed by atoms with van der Waals surface area (Å²) in [5.74, 6) is 0.637. The molecular formula is C19H24FN. The number of rotatable bonds is 6. The summed E-state index contributed by atoms with van der Waals surface area (Å²) >= 11 is 0. The summed E-state index contributed by atoms with van der Waals surface area (Å²) in [6.45, 7) is 4.45. The van der Waals surface area contributed by atoms with Crippen molar-refractivity contribution in [2.75, 3.05) is 0 Å². The lowest BCUT2D eigenvalue weighted by Crippen LogP contribution is -2.34. The molecule has 21 heavy (non-hydrogen) atoms. The molecule has 2 aromatic rings. The molecule has 2 N–H and O–H groups in total. The van der Waals surface area contributed by atoms with Gasteiger partial charge in [-0.1, -0.05) is 62.7 Å². The Labute approximate surface area is 127 Å². The van der Waals surface area contributed by atoms with Crippen LogP contribution in [0.15, 0.2) is 54.6 Å². The van der Waals surface area contributed by atoms with E-state index in [9.17, 15) is 4.39 Å². The Balaban J connectivity index is 2.18. The zero-order valence-corrected chi connectivity index (χ0v) is 12.8. The van der Waals surface area contributed by atoms with Gasteiger partial charge < -0.3 is 5.73 Å². The van der Waals surface area contributed by atoms with Crippen LogP contribution in [0.2, 0.25) is 0 Å². The van der Waals surface area contributed by atoms with Gasteiger partial charge in [-0.25, -0.2) is 4.39 Å². The van der Waals surface area contributed by atoms with E-state index in [0.29, 0.717) is 11.8 Å². The predicted octanol–water partition coefficient (Wildman–Crippen LogP) is 4.53. The Morgan fingerprint density at radius 1 is 1.00 bits per heavy atom. The molecule has 2 heteroatoms. The summed E-state index contributed by atoms with van der Waals surface area (Å²) in [5, 5.41) is 0. The average Bonchev–Trinajstić information content (AvgIpc) is 2.50. The van der Waals surface area contributed by atoms with Crippen LogP contribution < -0.4 is 5.73 Å². The highest BCUT2D eigenvalue weighted by Crippen LogP contribution is 2.30. The molecular weight excluding hydrogens is 261 g/mol. The Morgan fingerprint density at radius 2 is 1.62 bits per heavy atom. The Bertz CT molecular complexity index is 535.